The number of anilines is 1. The van der Waals surface area contributed by atoms with Gasteiger partial charge in [-0.3, -0.25) is 4.79 Å². The van der Waals surface area contributed by atoms with Gasteiger partial charge in [0.25, 0.3) is 0 Å². The quantitative estimate of drug-likeness (QED) is 0.473. The van der Waals surface area contributed by atoms with Gasteiger partial charge in [-0.25, -0.2) is 0 Å². The van der Waals surface area contributed by atoms with Crippen molar-refractivity contribution in [3.05, 3.63) is 75.4 Å². The predicted molar refractivity (Wildman–Crippen MR) is 110 cm³/mol. The summed E-state index contributed by atoms with van der Waals surface area (Å²) in [6, 6.07) is 13.7. The topological polar surface area (TPSA) is 51.5 Å². The normalized spacial score (nSPS) is 11.0. The second-order valence-corrected chi connectivity index (χ2v) is 6.81. The van der Waals surface area contributed by atoms with Crippen LogP contribution >= 0.6 is 34.8 Å². The van der Waals surface area contributed by atoms with Crippen LogP contribution in [0.4, 0.5) is 5.69 Å². The maximum Gasteiger partial charge on any atom is 0.248 e. The van der Waals surface area contributed by atoms with Gasteiger partial charge in [0.1, 0.15) is 17.3 Å². The van der Waals surface area contributed by atoms with Crippen LogP contribution in [0.5, 0.6) is 5.75 Å². The first-order valence-corrected chi connectivity index (χ1v) is 8.97. The summed E-state index contributed by atoms with van der Waals surface area (Å²) in [5.41, 5.74) is 1.31. The molecule has 3 rings (SSSR count). The van der Waals surface area contributed by atoms with Crippen LogP contribution in [0.25, 0.3) is 17.4 Å². The minimum Gasteiger partial charge on any atom is -0.495 e. The Morgan fingerprint density at radius 2 is 1.78 bits per heavy atom. The summed E-state index contributed by atoms with van der Waals surface area (Å²) < 4.78 is 10.8. The smallest absolute Gasteiger partial charge is 0.248 e. The first-order valence-electron chi connectivity index (χ1n) is 7.83. The number of rotatable bonds is 5. The zero-order chi connectivity index (χ0) is 19.4. The minimum atomic E-state index is -0.319. The van der Waals surface area contributed by atoms with E-state index in [1.165, 1.54) is 13.2 Å². The molecular weight excluding hydrogens is 409 g/mol. The van der Waals surface area contributed by atoms with Crippen LogP contribution in [0.3, 0.4) is 0 Å². The Hall–Kier alpha value is -2.40. The molecule has 0 saturated carbocycles. The summed E-state index contributed by atoms with van der Waals surface area (Å²) in [4.78, 5) is 12.1. The summed E-state index contributed by atoms with van der Waals surface area (Å²) in [6.07, 6.45) is 2.93. The highest BCUT2D eigenvalue weighted by Gasteiger charge is 2.07. The number of carbonyl (C=O) groups excluding carboxylic acids is 1. The molecule has 0 unspecified atom stereocenters. The number of ether oxygens (including phenoxy) is 1. The number of hydrogen-bond acceptors (Lipinski definition) is 3. The number of hydrogen-bond donors (Lipinski definition) is 1. The van der Waals surface area contributed by atoms with Crippen molar-refractivity contribution in [2.75, 3.05) is 12.4 Å². The molecule has 0 bridgehead atoms. The standard InChI is InChI=1S/C20H14Cl3NO3/c1-26-19-5-2-15(11-17(19)23)24-20(25)7-4-16-3-6-18(27-16)12-8-13(21)10-14(22)9-12/h2-11H,1H3,(H,24,25)/b7-4+. The molecule has 0 spiro atoms. The van der Waals surface area contributed by atoms with Gasteiger partial charge in [0.15, 0.2) is 0 Å². The molecule has 3 aromatic rings. The maximum absolute atomic E-state index is 12.1. The molecular formula is C20H14Cl3NO3. The highest BCUT2D eigenvalue weighted by molar-refractivity contribution is 6.35. The largest absolute Gasteiger partial charge is 0.495 e. The molecule has 0 aliphatic rings. The van der Waals surface area contributed by atoms with Crippen molar-refractivity contribution in [3.63, 3.8) is 0 Å². The van der Waals surface area contributed by atoms with Crippen LogP contribution in [-0.2, 0) is 4.79 Å². The molecule has 0 aliphatic heterocycles. The highest BCUT2D eigenvalue weighted by atomic mass is 35.5. The Morgan fingerprint density at radius 1 is 1.04 bits per heavy atom. The van der Waals surface area contributed by atoms with E-state index in [1.807, 2.05) is 0 Å². The molecule has 0 radical (unpaired) electrons. The summed E-state index contributed by atoms with van der Waals surface area (Å²) in [5, 5.41) is 4.16. The molecule has 1 aromatic heterocycles. The van der Waals surface area contributed by atoms with E-state index in [0.717, 1.165) is 5.56 Å². The SMILES string of the molecule is COc1ccc(NC(=O)/C=C/c2ccc(-c3cc(Cl)cc(Cl)c3)o2)cc1Cl. The first-order chi connectivity index (χ1) is 12.9. The molecule has 0 fully saturated rings. The van der Waals surface area contributed by atoms with E-state index in [0.29, 0.717) is 38.0 Å². The Bertz CT molecular complexity index is 991. The molecule has 0 aliphatic carbocycles. The van der Waals surface area contributed by atoms with Crippen molar-refractivity contribution >= 4 is 52.5 Å². The van der Waals surface area contributed by atoms with Gasteiger partial charge in [0.05, 0.1) is 12.1 Å². The van der Waals surface area contributed by atoms with Crippen LogP contribution in [0, 0.1) is 0 Å². The maximum atomic E-state index is 12.1. The van der Waals surface area contributed by atoms with Gasteiger partial charge in [0.2, 0.25) is 5.91 Å². The molecule has 2 aromatic carbocycles. The van der Waals surface area contributed by atoms with E-state index in [1.54, 1.807) is 54.6 Å². The number of furan rings is 1. The number of carbonyl (C=O) groups is 1. The number of amides is 1. The summed E-state index contributed by atoms with van der Waals surface area (Å²) >= 11 is 18.1. The average Bonchev–Trinajstić information content (AvgIpc) is 3.08. The van der Waals surface area contributed by atoms with Crippen molar-refractivity contribution in [1.82, 2.24) is 0 Å². The third-order valence-electron chi connectivity index (χ3n) is 3.59. The average molecular weight is 423 g/mol. The van der Waals surface area contributed by atoms with Gasteiger partial charge in [-0.2, -0.15) is 0 Å². The van der Waals surface area contributed by atoms with Crippen molar-refractivity contribution in [1.29, 1.82) is 0 Å². The van der Waals surface area contributed by atoms with Crippen molar-refractivity contribution in [2.24, 2.45) is 0 Å². The molecule has 0 saturated heterocycles. The van der Waals surface area contributed by atoms with Gasteiger partial charge < -0.3 is 14.5 Å². The van der Waals surface area contributed by atoms with Crippen LogP contribution < -0.4 is 10.1 Å². The minimum absolute atomic E-state index is 0.319. The monoisotopic (exact) mass is 421 g/mol. The van der Waals surface area contributed by atoms with Gasteiger partial charge in [-0.05, 0) is 54.6 Å². The predicted octanol–water partition coefficient (Wildman–Crippen LogP) is 6.57. The van der Waals surface area contributed by atoms with E-state index in [9.17, 15) is 4.79 Å². The Labute approximate surface area is 171 Å². The van der Waals surface area contributed by atoms with Crippen LogP contribution in [-0.4, -0.2) is 13.0 Å². The number of benzene rings is 2. The van der Waals surface area contributed by atoms with Crippen LogP contribution in [0.1, 0.15) is 5.76 Å². The third-order valence-corrected chi connectivity index (χ3v) is 4.32. The summed E-state index contributed by atoms with van der Waals surface area (Å²) in [6.45, 7) is 0. The lowest BCUT2D eigenvalue weighted by atomic mass is 10.2. The summed E-state index contributed by atoms with van der Waals surface area (Å²) in [5.74, 6) is 1.33. The van der Waals surface area contributed by atoms with Gasteiger partial charge >= 0.3 is 0 Å². The van der Waals surface area contributed by atoms with Crippen LogP contribution in [0.15, 0.2) is 59.0 Å². The number of halogens is 3. The molecule has 138 valence electrons. The summed E-state index contributed by atoms with van der Waals surface area (Å²) in [7, 11) is 1.52. The van der Waals surface area contributed by atoms with Crippen molar-refractivity contribution < 1.29 is 13.9 Å². The lowest BCUT2D eigenvalue weighted by Gasteiger charge is -2.06. The molecule has 1 N–H and O–H groups in total. The van der Waals surface area contributed by atoms with Gasteiger partial charge in [0, 0.05) is 27.4 Å². The first kappa shape index (κ1) is 19.4. The Kier molecular flexibility index (Phi) is 6.11. The highest BCUT2D eigenvalue weighted by Crippen LogP contribution is 2.29. The van der Waals surface area contributed by atoms with E-state index in [-0.39, 0.29) is 5.91 Å². The van der Waals surface area contributed by atoms with Gasteiger partial charge in [-0.15, -0.1) is 0 Å². The van der Waals surface area contributed by atoms with E-state index < -0.39 is 0 Å². The van der Waals surface area contributed by atoms with Crippen molar-refractivity contribution in [3.8, 4) is 17.1 Å². The molecule has 4 nitrogen and oxygen atoms in total. The lowest BCUT2D eigenvalue weighted by Crippen LogP contribution is -2.07. The lowest BCUT2D eigenvalue weighted by molar-refractivity contribution is -0.111. The van der Waals surface area contributed by atoms with E-state index >= 15 is 0 Å². The van der Waals surface area contributed by atoms with E-state index in [2.05, 4.69) is 5.32 Å². The van der Waals surface area contributed by atoms with Crippen molar-refractivity contribution in [2.45, 2.75) is 0 Å². The molecule has 0 atom stereocenters. The van der Waals surface area contributed by atoms with Crippen LogP contribution in [0.2, 0.25) is 15.1 Å². The fourth-order valence-corrected chi connectivity index (χ4v) is 3.16. The zero-order valence-corrected chi connectivity index (χ0v) is 16.4. The fourth-order valence-electron chi connectivity index (χ4n) is 2.38. The number of nitrogens with one attached hydrogen (secondary N) is 1. The number of methoxy groups -OCH3 is 1. The molecule has 1 heterocycles. The second-order valence-electron chi connectivity index (χ2n) is 5.53. The van der Waals surface area contributed by atoms with E-state index in [4.69, 9.17) is 44.0 Å². The zero-order valence-electron chi connectivity index (χ0n) is 14.1. The molecule has 27 heavy (non-hydrogen) atoms. The second kappa shape index (κ2) is 8.53. The Morgan fingerprint density at radius 3 is 2.44 bits per heavy atom. The third kappa shape index (κ3) is 5.07. The van der Waals surface area contributed by atoms with Gasteiger partial charge in [-0.1, -0.05) is 34.8 Å². The fraction of sp³-hybridized carbons (Fsp3) is 0.0500. The molecule has 1 amide bonds. The molecule has 7 heteroatoms. The Balaban J connectivity index is 1.68.